The fourth-order valence-electron chi connectivity index (χ4n) is 6.00. The molecule has 4 atom stereocenters. The van der Waals surface area contributed by atoms with Gasteiger partial charge in [0.2, 0.25) is 5.91 Å². The molecule has 0 unspecified atom stereocenters. The maximum atomic E-state index is 13.8. The maximum Gasteiger partial charge on any atom is 0.223 e. The highest BCUT2D eigenvalue weighted by Gasteiger charge is 2.50. The van der Waals surface area contributed by atoms with Crippen LogP contribution in [0.5, 0.6) is 11.5 Å². The first-order chi connectivity index (χ1) is 19.5. The van der Waals surface area contributed by atoms with Gasteiger partial charge in [-0.05, 0) is 43.4 Å². The van der Waals surface area contributed by atoms with Crippen molar-refractivity contribution in [2.24, 2.45) is 17.8 Å². The van der Waals surface area contributed by atoms with Crippen LogP contribution in [0.4, 0.5) is 0 Å². The summed E-state index contributed by atoms with van der Waals surface area (Å²) in [5.74, 6) is -2.19. The molecule has 1 amide bonds. The van der Waals surface area contributed by atoms with Crippen molar-refractivity contribution in [2.75, 3.05) is 39.5 Å². The van der Waals surface area contributed by atoms with Gasteiger partial charge in [0.15, 0.2) is 23.1 Å². The van der Waals surface area contributed by atoms with E-state index in [0.29, 0.717) is 50.8 Å². The topological polar surface area (TPSA) is 146 Å². The van der Waals surface area contributed by atoms with Crippen molar-refractivity contribution in [2.45, 2.75) is 76.9 Å². The van der Waals surface area contributed by atoms with Crippen LogP contribution in [-0.2, 0) is 35.1 Å². The highest BCUT2D eigenvalue weighted by atomic mass is 16.6. The van der Waals surface area contributed by atoms with Crippen LogP contribution in [0.1, 0.15) is 64.4 Å². The number of carbonyl (C=O) groups excluding carboxylic acids is 4. The molecule has 1 saturated carbocycles. The number of amides is 1. The number of benzene rings is 1. The summed E-state index contributed by atoms with van der Waals surface area (Å²) in [6.07, 6.45) is 5.05. The van der Waals surface area contributed by atoms with E-state index in [9.17, 15) is 29.4 Å². The van der Waals surface area contributed by atoms with Gasteiger partial charge in [0.05, 0.1) is 32.4 Å². The van der Waals surface area contributed by atoms with E-state index in [4.69, 9.17) is 9.47 Å². The summed E-state index contributed by atoms with van der Waals surface area (Å²) < 4.78 is 10.8. The number of nitrogens with zero attached hydrogens (tertiary/aromatic N) is 1. The van der Waals surface area contributed by atoms with Gasteiger partial charge in [-0.1, -0.05) is 38.7 Å². The molecule has 0 radical (unpaired) electrons. The summed E-state index contributed by atoms with van der Waals surface area (Å²) in [5.41, 5.74) is -0.299. The summed E-state index contributed by atoms with van der Waals surface area (Å²) in [6, 6.07) is 3.31. The Labute approximate surface area is 241 Å². The number of epoxide rings is 1. The number of ketones is 3. The predicted molar refractivity (Wildman–Crippen MR) is 151 cm³/mol. The molecule has 0 spiro atoms. The number of carbonyl (C=O) groups is 4. The summed E-state index contributed by atoms with van der Waals surface area (Å²) in [4.78, 5) is 55.0. The van der Waals surface area contributed by atoms with Gasteiger partial charge in [-0.2, -0.15) is 0 Å². The molecule has 1 aromatic carbocycles. The standard InChI is InChI=1S/C31H44N2O8/c1-20(13-24(34)18-33-9-11-40-12-10-33)30(39)32-25(15-22-7-8-26(35)28(37)16-22)27(36)17-23(14-21-5-3-4-6-21)29(38)31(2)19-41-31/h7-8,16,20-21,23,25,35,37H,3-6,9-15,17-19H2,1-2H3,(H,32,39)/t20-,23-,25+,31-/m1/s1. The molecule has 1 aromatic rings. The van der Waals surface area contributed by atoms with E-state index in [1.807, 2.05) is 4.90 Å². The molecule has 2 heterocycles. The van der Waals surface area contributed by atoms with Crippen molar-refractivity contribution in [3.63, 3.8) is 0 Å². The first kappa shape index (κ1) is 31.1. The molecule has 3 aliphatic rings. The lowest BCUT2D eigenvalue weighted by molar-refractivity contribution is -0.134. The number of rotatable bonds is 15. The average Bonchev–Trinajstić information content (AvgIpc) is 3.48. The van der Waals surface area contributed by atoms with Crippen molar-refractivity contribution in [3.8, 4) is 11.5 Å². The van der Waals surface area contributed by atoms with Crippen LogP contribution < -0.4 is 5.32 Å². The smallest absolute Gasteiger partial charge is 0.223 e. The third kappa shape index (κ3) is 8.83. The van der Waals surface area contributed by atoms with E-state index in [-0.39, 0.29) is 54.7 Å². The monoisotopic (exact) mass is 572 g/mol. The van der Waals surface area contributed by atoms with Gasteiger partial charge in [-0.25, -0.2) is 0 Å². The highest BCUT2D eigenvalue weighted by Crippen LogP contribution is 2.37. The number of phenolic OH excluding ortho intramolecular Hbond substituents is 2. The van der Waals surface area contributed by atoms with Crippen LogP contribution in [0.3, 0.4) is 0 Å². The fraction of sp³-hybridized carbons (Fsp3) is 0.677. The summed E-state index contributed by atoms with van der Waals surface area (Å²) >= 11 is 0. The predicted octanol–water partition coefficient (Wildman–Crippen LogP) is 2.57. The van der Waals surface area contributed by atoms with Crippen LogP contribution in [0.2, 0.25) is 0 Å². The SMILES string of the molecule is C[C@H](CC(=O)CN1CCOCC1)C(=O)N[C@@H](Cc1ccc(O)c(O)c1)C(=O)C[C@@H](CC1CCCC1)C(=O)[C@@]1(C)CO1. The van der Waals surface area contributed by atoms with Crippen LogP contribution in [0.25, 0.3) is 0 Å². The Balaban J connectivity index is 1.44. The first-order valence-corrected chi connectivity index (χ1v) is 14.9. The molecule has 2 aliphatic heterocycles. The van der Waals surface area contributed by atoms with Crippen LogP contribution in [0, 0.1) is 17.8 Å². The van der Waals surface area contributed by atoms with Crippen molar-refractivity contribution >= 4 is 23.3 Å². The van der Waals surface area contributed by atoms with Gasteiger partial charge in [0.25, 0.3) is 0 Å². The molecular formula is C31H44N2O8. The summed E-state index contributed by atoms with van der Waals surface area (Å²) in [7, 11) is 0. The molecule has 3 N–H and O–H groups in total. The van der Waals surface area contributed by atoms with Crippen LogP contribution >= 0.6 is 0 Å². The largest absolute Gasteiger partial charge is 0.504 e. The Morgan fingerprint density at radius 3 is 2.39 bits per heavy atom. The van der Waals surface area contributed by atoms with Gasteiger partial charge in [0, 0.05) is 37.8 Å². The second-order valence-electron chi connectivity index (χ2n) is 12.3. The number of hydrogen-bond acceptors (Lipinski definition) is 9. The first-order valence-electron chi connectivity index (χ1n) is 14.9. The van der Waals surface area contributed by atoms with Gasteiger partial charge < -0.3 is 25.0 Å². The zero-order valence-electron chi connectivity index (χ0n) is 24.2. The minimum absolute atomic E-state index is 0.0202. The number of hydrogen-bond donors (Lipinski definition) is 3. The van der Waals surface area contributed by atoms with E-state index >= 15 is 0 Å². The molecule has 41 heavy (non-hydrogen) atoms. The third-order valence-corrected chi connectivity index (χ3v) is 8.68. The maximum absolute atomic E-state index is 13.8. The number of morpholine rings is 1. The Morgan fingerprint density at radius 1 is 1.07 bits per heavy atom. The van der Waals surface area contributed by atoms with Gasteiger partial charge in [-0.15, -0.1) is 0 Å². The molecule has 2 saturated heterocycles. The van der Waals surface area contributed by atoms with Crippen molar-refractivity contribution in [3.05, 3.63) is 23.8 Å². The Bertz CT molecular complexity index is 1110. The minimum atomic E-state index is -0.963. The second kappa shape index (κ2) is 13.9. The van der Waals surface area contributed by atoms with Crippen LogP contribution in [0.15, 0.2) is 18.2 Å². The highest BCUT2D eigenvalue weighted by molar-refractivity contribution is 5.97. The number of phenols is 2. The molecule has 0 bridgehead atoms. The van der Waals surface area contributed by atoms with E-state index in [2.05, 4.69) is 5.32 Å². The lowest BCUT2D eigenvalue weighted by Gasteiger charge is -2.26. The van der Waals surface area contributed by atoms with E-state index in [1.165, 1.54) is 12.1 Å². The van der Waals surface area contributed by atoms with Crippen molar-refractivity contribution < 1.29 is 38.9 Å². The lowest BCUT2D eigenvalue weighted by Crippen LogP contribution is -2.46. The number of Topliss-reactive ketones (excluding diaryl/α,β-unsaturated/α-hetero) is 3. The second-order valence-corrected chi connectivity index (χ2v) is 12.3. The Morgan fingerprint density at radius 2 is 1.76 bits per heavy atom. The van der Waals surface area contributed by atoms with Crippen molar-refractivity contribution in [1.82, 2.24) is 10.2 Å². The molecular weight excluding hydrogens is 528 g/mol. The average molecular weight is 573 g/mol. The van der Waals surface area contributed by atoms with E-state index in [1.54, 1.807) is 19.9 Å². The quantitative estimate of drug-likeness (QED) is 0.213. The third-order valence-electron chi connectivity index (χ3n) is 8.68. The molecule has 0 aromatic heterocycles. The molecule has 10 nitrogen and oxygen atoms in total. The zero-order chi connectivity index (χ0) is 29.6. The number of ether oxygens (including phenoxy) is 2. The van der Waals surface area contributed by atoms with Crippen molar-refractivity contribution in [1.29, 1.82) is 0 Å². The molecule has 226 valence electrons. The van der Waals surface area contributed by atoms with Gasteiger partial charge >= 0.3 is 0 Å². The molecule has 1 aliphatic carbocycles. The fourth-order valence-corrected chi connectivity index (χ4v) is 6.00. The Hall–Kier alpha value is -2.82. The summed E-state index contributed by atoms with van der Waals surface area (Å²) in [6.45, 7) is 6.53. The normalized spacial score (nSPS) is 23.5. The molecule has 3 fully saturated rings. The molecule has 4 rings (SSSR count). The van der Waals surface area contributed by atoms with E-state index < -0.39 is 29.4 Å². The van der Waals surface area contributed by atoms with E-state index in [0.717, 1.165) is 25.7 Å². The van der Waals surface area contributed by atoms with Gasteiger partial charge in [0.1, 0.15) is 11.4 Å². The summed E-state index contributed by atoms with van der Waals surface area (Å²) in [5, 5.41) is 22.6. The lowest BCUT2D eigenvalue weighted by atomic mass is 9.81. The van der Waals surface area contributed by atoms with Crippen LogP contribution in [-0.4, -0.2) is 89.5 Å². The minimum Gasteiger partial charge on any atom is -0.504 e. The van der Waals surface area contributed by atoms with Gasteiger partial charge in [-0.3, -0.25) is 24.1 Å². The zero-order valence-corrected chi connectivity index (χ0v) is 24.2. The number of aromatic hydroxyl groups is 2. The Kier molecular flexibility index (Phi) is 10.5. The molecule has 10 heteroatoms. The number of nitrogens with one attached hydrogen (secondary N) is 1.